The molecule has 52 valence electrons. The average Bonchev–Trinajstić information content (AvgIpc) is 1.69. The zero-order chi connectivity index (χ0) is 5.11. The Morgan fingerprint density at radius 3 is 2.20 bits per heavy atom. The number of rotatable bonds is 0. The summed E-state index contributed by atoms with van der Waals surface area (Å²) in [6, 6.07) is 10.0. The molecule has 0 aromatic heterocycles. The Labute approximate surface area is 89.5 Å². The molecule has 0 N–H and O–H groups in total. The molecule has 3 heteroatoms. The van der Waals surface area contributed by atoms with Crippen LogP contribution in [0.2, 0.25) is 5.02 Å². The van der Waals surface area contributed by atoms with Gasteiger partial charge in [-0.3, -0.25) is 0 Å². The number of hydrogen-bond acceptors (Lipinski definition) is 0. The minimum absolute atomic E-state index is 0. The summed E-state index contributed by atoms with van der Waals surface area (Å²) >= 11 is 5.51. The van der Waals surface area contributed by atoms with Crippen LogP contribution in [0, 0.1) is 13.5 Å². The molecule has 0 fully saturated rings. The van der Waals surface area contributed by atoms with Crippen LogP contribution in [0.4, 0.5) is 0 Å². The van der Waals surface area contributed by atoms with Gasteiger partial charge in [0.05, 0.1) is 0 Å². The summed E-state index contributed by atoms with van der Waals surface area (Å²) in [6.45, 7) is 0. The summed E-state index contributed by atoms with van der Waals surface area (Å²) < 4.78 is 0. The van der Waals surface area contributed by atoms with Gasteiger partial charge < -0.3 is 7.43 Å². The van der Waals surface area contributed by atoms with Gasteiger partial charge in [-0.1, -0.05) is 5.02 Å². The smallest absolute Gasteiger partial charge is 0.358 e. The summed E-state index contributed by atoms with van der Waals surface area (Å²) in [7, 11) is 0. The first-order valence-electron chi connectivity index (χ1n) is 2.01. The molecule has 0 saturated heterocycles. The standard InChI is InChI=1S/C6H4Cl.CH3.ClH.Mg/c7-6-4-2-1-3-5-6;;;/h1-2,4-5H;1H3;1H;/q2*-1;;+2. The van der Waals surface area contributed by atoms with Crippen LogP contribution >= 0.6 is 24.0 Å². The minimum Gasteiger partial charge on any atom is -0.358 e. The molecule has 0 bridgehead atoms. The van der Waals surface area contributed by atoms with E-state index in [-0.39, 0.29) is 42.9 Å². The third-order valence-electron chi connectivity index (χ3n) is 0.669. The maximum atomic E-state index is 5.51. The van der Waals surface area contributed by atoms with E-state index < -0.39 is 0 Å². The van der Waals surface area contributed by atoms with Crippen LogP contribution in [0.25, 0.3) is 0 Å². The molecule has 0 amide bonds. The predicted octanol–water partition coefficient (Wildman–Crippen LogP) is 2.63. The van der Waals surface area contributed by atoms with Crippen LogP contribution in [0.5, 0.6) is 0 Å². The van der Waals surface area contributed by atoms with Crippen LogP contribution in [0.3, 0.4) is 0 Å². The van der Waals surface area contributed by atoms with Crippen molar-refractivity contribution in [3.8, 4) is 0 Å². The molecule has 1 aromatic carbocycles. The van der Waals surface area contributed by atoms with Crippen LogP contribution in [-0.4, -0.2) is 23.1 Å². The SMILES string of the molecule is Cl.Clc1c[c-]ccc1.[CH3-].[Mg+2]. The maximum Gasteiger partial charge on any atom is 2.00 e. The van der Waals surface area contributed by atoms with E-state index in [4.69, 9.17) is 11.6 Å². The van der Waals surface area contributed by atoms with Crippen LogP contribution < -0.4 is 0 Å². The quantitative estimate of drug-likeness (QED) is 0.433. The van der Waals surface area contributed by atoms with Crippen LogP contribution in [0.1, 0.15) is 0 Å². The van der Waals surface area contributed by atoms with Crippen LogP contribution in [0.15, 0.2) is 24.3 Å². The Balaban J connectivity index is -0.000000163. The third kappa shape index (κ3) is 6.68. The van der Waals surface area contributed by atoms with Gasteiger partial charge in [-0.2, -0.15) is 41.9 Å². The number of benzene rings is 1. The number of hydrogen-bond donors (Lipinski definition) is 0. The second-order valence-electron chi connectivity index (χ2n) is 1.22. The normalized spacial score (nSPS) is 6.10. The molecule has 0 heterocycles. The Morgan fingerprint density at radius 1 is 1.40 bits per heavy atom. The van der Waals surface area contributed by atoms with Crippen molar-refractivity contribution < 1.29 is 0 Å². The van der Waals surface area contributed by atoms with Crippen molar-refractivity contribution in [1.29, 1.82) is 0 Å². The zero-order valence-electron chi connectivity index (χ0n) is 5.80. The summed E-state index contributed by atoms with van der Waals surface area (Å²) in [5, 5.41) is 0.738. The second kappa shape index (κ2) is 9.57. The fraction of sp³-hybridized carbons (Fsp3) is 0. The topological polar surface area (TPSA) is 0 Å². The van der Waals surface area contributed by atoms with E-state index in [0.29, 0.717) is 0 Å². The molecule has 1 rings (SSSR count). The van der Waals surface area contributed by atoms with E-state index in [9.17, 15) is 0 Å². The first-order valence-corrected chi connectivity index (χ1v) is 2.39. The van der Waals surface area contributed by atoms with Gasteiger partial charge in [0, 0.05) is 0 Å². The van der Waals surface area contributed by atoms with Crippen LogP contribution in [-0.2, 0) is 0 Å². The number of halogens is 2. The van der Waals surface area contributed by atoms with Gasteiger partial charge in [0.15, 0.2) is 0 Å². The van der Waals surface area contributed by atoms with Gasteiger partial charge in [-0.05, 0) is 0 Å². The van der Waals surface area contributed by atoms with Crippen molar-refractivity contribution in [1.82, 2.24) is 0 Å². The fourth-order valence-corrected chi connectivity index (χ4v) is 0.507. The Kier molecular flexibility index (Phi) is 16.2. The Morgan fingerprint density at radius 2 is 2.00 bits per heavy atom. The first kappa shape index (κ1) is 16.9. The van der Waals surface area contributed by atoms with Crippen molar-refractivity contribution in [3.63, 3.8) is 0 Å². The van der Waals surface area contributed by atoms with E-state index in [2.05, 4.69) is 6.07 Å². The molecule has 0 nitrogen and oxygen atoms in total. The van der Waals surface area contributed by atoms with E-state index in [0.717, 1.165) is 5.02 Å². The average molecular weight is 187 g/mol. The summed E-state index contributed by atoms with van der Waals surface area (Å²) in [5.41, 5.74) is 0. The Bertz CT molecular complexity index is 142. The molecular weight excluding hydrogens is 179 g/mol. The van der Waals surface area contributed by atoms with Gasteiger partial charge in [0.2, 0.25) is 0 Å². The van der Waals surface area contributed by atoms with Gasteiger partial charge >= 0.3 is 23.1 Å². The van der Waals surface area contributed by atoms with Gasteiger partial charge in [-0.25, -0.2) is 0 Å². The molecule has 0 radical (unpaired) electrons. The van der Waals surface area contributed by atoms with E-state index in [1.54, 1.807) is 6.07 Å². The zero-order valence-corrected chi connectivity index (χ0v) is 8.79. The largest absolute Gasteiger partial charge is 2.00 e. The van der Waals surface area contributed by atoms with Gasteiger partial charge in [-0.15, -0.1) is 12.4 Å². The van der Waals surface area contributed by atoms with Crippen molar-refractivity contribution >= 4 is 47.1 Å². The minimum atomic E-state index is 0. The summed E-state index contributed by atoms with van der Waals surface area (Å²) in [5.74, 6) is 0. The van der Waals surface area contributed by atoms with Crippen molar-refractivity contribution in [3.05, 3.63) is 42.8 Å². The molecule has 0 atom stereocenters. The molecular formula is C7H8Cl2Mg. The van der Waals surface area contributed by atoms with Crippen molar-refractivity contribution in [2.75, 3.05) is 0 Å². The second-order valence-corrected chi connectivity index (χ2v) is 1.66. The van der Waals surface area contributed by atoms with E-state index in [1.165, 1.54) is 0 Å². The fourth-order valence-electron chi connectivity index (χ4n) is 0.371. The van der Waals surface area contributed by atoms with Crippen molar-refractivity contribution in [2.24, 2.45) is 0 Å². The molecule has 0 unspecified atom stereocenters. The van der Waals surface area contributed by atoms with E-state index >= 15 is 0 Å². The summed E-state index contributed by atoms with van der Waals surface area (Å²) in [6.07, 6.45) is 0. The van der Waals surface area contributed by atoms with Gasteiger partial charge in [0.25, 0.3) is 0 Å². The predicted molar refractivity (Wildman–Crippen MR) is 49.7 cm³/mol. The van der Waals surface area contributed by atoms with Gasteiger partial charge in [0.1, 0.15) is 0 Å². The molecule has 1 aromatic rings. The molecule has 0 spiro atoms. The van der Waals surface area contributed by atoms with E-state index in [1.807, 2.05) is 18.2 Å². The molecule has 0 aliphatic heterocycles. The first-order chi connectivity index (χ1) is 3.39. The Hall–Kier alpha value is 0.566. The maximum absolute atomic E-state index is 5.51. The molecule has 0 aliphatic rings. The monoisotopic (exact) mass is 186 g/mol. The molecule has 0 aliphatic carbocycles. The molecule has 10 heavy (non-hydrogen) atoms. The summed E-state index contributed by atoms with van der Waals surface area (Å²) in [4.78, 5) is 0. The third-order valence-corrected chi connectivity index (χ3v) is 0.904. The molecule has 0 saturated carbocycles. The van der Waals surface area contributed by atoms with Crippen molar-refractivity contribution in [2.45, 2.75) is 0 Å².